The monoisotopic (exact) mass is 420 g/mol. The van der Waals surface area contributed by atoms with Crippen LogP contribution in [-0.2, 0) is 19.6 Å². The number of sulfonamides is 1. The van der Waals surface area contributed by atoms with Crippen LogP contribution in [0, 0.1) is 0 Å². The number of methoxy groups -OCH3 is 1. The molecule has 1 amide bonds. The van der Waals surface area contributed by atoms with Crippen molar-refractivity contribution in [2.24, 2.45) is 0 Å². The molecule has 1 saturated heterocycles. The minimum Gasteiger partial charge on any atom is -0.493 e. The van der Waals surface area contributed by atoms with Crippen molar-refractivity contribution in [2.75, 3.05) is 32.2 Å². The number of rotatable bonds is 9. The molecule has 0 aliphatic carbocycles. The van der Waals surface area contributed by atoms with E-state index in [-0.39, 0.29) is 30.1 Å². The smallest absolute Gasteiger partial charge is 0.262 e. The Morgan fingerprint density at radius 3 is 2.52 bits per heavy atom. The minimum absolute atomic E-state index is 0.0772. The first-order valence-corrected chi connectivity index (χ1v) is 10.7. The third-order valence-corrected chi connectivity index (χ3v) is 5.84. The molecule has 1 aliphatic heterocycles. The first-order chi connectivity index (χ1) is 14.0. The summed E-state index contributed by atoms with van der Waals surface area (Å²) in [6, 6.07) is 13.0. The van der Waals surface area contributed by atoms with Crippen LogP contribution < -0.4 is 19.5 Å². The molecule has 1 fully saturated rings. The maximum absolute atomic E-state index is 12.4. The average Bonchev–Trinajstić information content (AvgIpc) is 3.25. The molecule has 1 atom stereocenters. The summed E-state index contributed by atoms with van der Waals surface area (Å²) in [4.78, 5) is 12.2. The van der Waals surface area contributed by atoms with Gasteiger partial charge in [-0.05, 0) is 49.2 Å². The summed E-state index contributed by atoms with van der Waals surface area (Å²) >= 11 is 0. The quantitative estimate of drug-likeness (QED) is 0.645. The third-order valence-electron chi connectivity index (χ3n) is 4.40. The van der Waals surface area contributed by atoms with Crippen LogP contribution >= 0.6 is 0 Å². The molecule has 3 rings (SSSR count). The Bertz CT molecular complexity index is 924. The molecule has 0 spiro atoms. The Morgan fingerprint density at radius 1 is 1.14 bits per heavy atom. The Kier molecular flexibility index (Phi) is 7.08. The highest BCUT2D eigenvalue weighted by molar-refractivity contribution is 7.89. The largest absolute Gasteiger partial charge is 0.493 e. The predicted molar refractivity (Wildman–Crippen MR) is 108 cm³/mol. The first-order valence-electron chi connectivity index (χ1n) is 9.25. The molecule has 2 aromatic carbocycles. The van der Waals surface area contributed by atoms with Crippen molar-refractivity contribution in [3.8, 4) is 11.5 Å². The number of nitrogens with one attached hydrogen (secondary N) is 2. The van der Waals surface area contributed by atoms with E-state index in [0.29, 0.717) is 23.8 Å². The lowest BCUT2D eigenvalue weighted by Gasteiger charge is -2.12. The fourth-order valence-electron chi connectivity index (χ4n) is 2.89. The van der Waals surface area contributed by atoms with Crippen LogP contribution in [0.5, 0.6) is 11.5 Å². The Labute approximate surface area is 170 Å². The van der Waals surface area contributed by atoms with Crippen LogP contribution in [0.4, 0.5) is 5.69 Å². The van der Waals surface area contributed by atoms with Gasteiger partial charge in [0.25, 0.3) is 5.91 Å². The minimum atomic E-state index is -3.63. The number of amides is 1. The van der Waals surface area contributed by atoms with Gasteiger partial charge in [0.2, 0.25) is 10.0 Å². The number of hydrogen-bond acceptors (Lipinski definition) is 6. The van der Waals surface area contributed by atoms with E-state index >= 15 is 0 Å². The van der Waals surface area contributed by atoms with Gasteiger partial charge in [0, 0.05) is 18.8 Å². The number of anilines is 1. The van der Waals surface area contributed by atoms with Gasteiger partial charge in [-0.1, -0.05) is 12.1 Å². The van der Waals surface area contributed by atoms with Gasteiger partial charge >= 0.3 is 0 Å². The lowest BCUT2D eigenvalue weighted by atomic mass is 10.2. The molecule has 0 bridgehead atoms. The fraction of sp³-hybridized carbons (Fsp3) is 0.350. The summed E-state index contributed by atoms with van der Waals surface area (Å²) in [5.41, 5.74) is 0.469. The molecule has 156 valence electrons. The zero-order valence-electron chi connectivity index (χ0n) is 16.1. The SMILES string of the molecule is COc1ccccc1OCC(=O)Nc1ccc(S(=O)(=O)NCC2CCCO2)cc1. The topological polar surface area (TPSA) is 103 Å². The van der Waals surface area contributed by atoms with E-state index in [4.69, 9.17) is 14.2 Å². The first kappa shape index (κ1) is 21.1. The number of para-hydroxylation sites is 2. The molecule has 8 nitrogen and oxygen atoms in total. The number of benzene rings is 2. The van der Waals surface area contributed by atoms with Crippen molar-refractivity contribution < 1.29 is 27.4 Å². The van der Waals surface area contributed by atoms with E-state index in [1.54, 1.807) is 24.3 Å². The zero-order valence-corrected chi connectivity index (χ0v) is 16.9. The van der Waals surface area contributed by atoms with E-state index < -0.39 is 10.0 Å². The summed E-state index contributed by atoms with van der Waals surface area (Å²) in [6.45, 7) is 0.714. The average molecular weight is 420 g/mol. The van der Waals surface area contributed by atoms with E-state index in [9.17, 15) is 13.2 Å². The maximum atomic E-state index is 12.4. The van der Waals surface area contributed by atoms with Crippen molar-refractivity contribution in [3.05, 3.63) is 48.5 Å². The molecule has 2 aromatic rings. The molecule has 0 radical (unpaired) electrons. The zero-order chi connectivity index (χ0) is 20.7. The molecule has 1 aliphatic rings. The van der Waals surface area contributed by atoms with Crippen LogP contribution in [0.3, 0.4) is 0 Å². The number of carbonyl (C=O) groups excluding carboxylic acids is 1. The van der Waals surface area contributed by atoms with E-state index in [1.165, 1.54) is 31.4 Å². The van der Waals surface area contributed by atoms with Crippen LogP contribution in [0.25, 0.3) is 0 Å². The number of ether oxygens (including phenoxy) is 3. The summed E-state index contributed by atoms with van der Waals surface area (Å²) in [7, 11) is -2.11. The second-order valence-electron chi connectivity index (χ2n) is 6.50. The third kappa shape index (κ3) is 5.93. The number of hydrogen-bond donors (Lipinski definition) is 2. The van der Waals surface area contributed by atoms with Crippen LogP contribution in [0.2, 0.25) is 0 Å². The van der Waals surface area contributed by atoms with E-state index in [0.717, 1.165) is 12.8 Å². The molecule has 1 heterocycles. The van der Waals surface area contributed by atoms with Crippen molar-refractivity contribution in [3.63, 3.8) is 0 Å². The standard InChI is InChI=1S/C20H24N2O6S/c1-26-18-6-2-3-7-19(18)28-14-20(23)22-15-8-10-17(11-9-15)29(24,25)21-13-16-5-4-12-27-16/h2-3,6-11,16,21H,4-5,12-14H2,1H3,(H,22,23). The van der Waals surface area contributed by atoms with Crippen LogP contribution in [0.1, 0.15) is 12.8 Å². The predicted octanol–water partition coefficient (Wildman–Crippen LogP) is 2.17. The summed E-state index contributed by atoms with van der Waals surface area (Å²) in [6.07, 6.45) is 1.72. The Hall–Kier alpha value is -2.62. The molecule has 29 heavy (non-hydrogen) atoms. The molecule has 0 saturated carbocycles. The van der Waals surface area contributed by atoms with Crippen LogP contribution in [-0.4, -0.2) is 47.3 Å². The van der Waals surface area contributed by atoms with Gasteiger partial charge < -0.3 is 19.5 Å². The van der Waals surface area contributed by atoms with Crippen molar-refractivity contribution >= 4 is 21.6 Å². The van der Waals surface area contributed by atoms with Gasteiger partial charge in [-0.15, -0.1) is 0 Å². The van der Waals surface area contributed by atoms with Gasteiger partial charge in [0.05, 0.1) is 18.1 Å². The van der Waals surface area contributed by atoms with Crippen molar-refractivity contribution in [2.45, 2.75) is 23.8 Å². The van der Waals surface area contributed by atoms with E-state index in [2.05, 4.69) is 10.0 Å². The molecule has 1 unspecified atom stereocenters. The number of carbonyl (C=O) groups is 1. The summed E-state index contributed by atoms with van der Waals surface area (Å²) < 4.78 is 43.3. The molecular weight excluding hydrogens is 396 g/mol. The normalized spacial score (nSPS) is 16.4. The molecule has 9 heteroatoms. The van der Waals surface area contributed by atoms with Crippen molar-refractivity contribution in [1.29, 1.82) is 0 Å². The second kappa shape index (κ2) is 9.73. The lowest BCUT2D eigenvalue weighted by molar-refractivity contribution is -0.118. The van der Waals surface area contributed by atoms with Gasteiger partial charge in [0.1, 0.15) is 0 Å². The lowest BCUT2D eigenvalue weighted by Crippen LogP contribution is -2.31. The molecule has 0 aromatic heterocycles. The highest BCUT2D eigenvalue weighted by Crippen LogP contribution is 2.25. The van der Waals surface area contributed by atoms with Crippen LogP contribution in [0.15, 0.2) is 53.4 Å². The van der Waals surface area contributed by atoms with Gasteiger partial charge in [-0.2, -0.15) is 0 Å². The van der Waals surface area contributed by atoms with Crippen molar-refractivity contribution in [1.82, 2.24) is 4.72 Å². The maximum Gasteiger partial charge on any atom is 0.262 e. The van der Waals surface area contributed by atoms with Gasteiger partial charge in [-0.3, -0.25) is 4.79 Å². The molecular formula is C20H24N2O6S. The Balaban J connectivity index is 1.52. The molecule has 2 N–H and O–H groups in total. The van der Waals surface area contributed by atoms with Gasteiger partial charge in [-0.25, -0.2) is 13.1 Å². The summed E-state index contributed by atoms with van der Waals surface area (Å²) in [5, 5.41) is 2.67. The summed E-state index contributed by atoms with van der Waals surface area (Å²) in [5.74, 6) is 0.622. The highest BCUT2D eigenvalue weighted by atomic mass is 32.2. The van der Waals surface area contributed by atoms with Gasteiger partial charge in [0.15, 0.2) is 18.1 Å². The second-order valence-corrected chi connectivity index (χ2v) is 8.27. The van der Waals surface area contributed by atoms with E-state index in [1.807, 2.05) is 0 Å². The highest BCUT2D eigenvalue weighted by Gasteiger charge is 2.20. The fourth-order valence-corrected chi connectivity index (χ4v) is 3.95. The Morgan fingerprint density at radius 2 is 1.86 bits per heavy atom.